The molecule has 84 valence electrons. The largest absolute Gasteiger partial charge is 0.407 e. The van der Waals surface area contributed by atoms with Crippen molar-refractivity contribution in [2.24, 2.45) is 0 Å². The van der Waals surface area contributed by atoms with Gasteiger partial charge in [0.15, 0.2) is 0 Å². The van der Waals surface area contributed by atoms with Crippen molar-refractivity contribution in [1.29, 1.82) is 0 Å². The van der Waals surface area contributed by atoms with E-state index in [0.717, 1.165) is 0 Å². The number of hydrogen-bond donors (Lipinski definition) is 1. The monoisotopic (exact) mass is 210 g/mol. The molecule has 1 aliphatic heterocycles. The zero-order valence-corrected chi connectivity index (χ0v) is 8.78. The number of halogens is 3. The second-order valence-corrected chi connectivity index (χ2v) is 4.14. The van der Waals surface area contributed by atoms with Crippen molar-refractivity contribution in [1.82, 2.24) is 10.2 Å². The second kappa shape index (κ2) is 3.70. The van der Waals surface area contributed by atoms with Gasteiger partial charge in [-0.15, -0.1) is 0 Å². The van der Waals surface area contributed by atoms with Crippen LogP contribution < -0.4 is 5.32 Å². The maximum atomic E-state index is 12.8. The van der Waals surface area contributed by atoms with E-state index in [1.54, 1.807) is 0 Å². The molecule has 0 aliphatic carbocycles. The van der Waals surface area contributed by atoms with Crippen molar-refractivity contribution >= 4 is 0 Å². The minimum absolute atomic E-state index is 0.0602. The first-order chi connectivity index (χ1) is 6.32. The van der Waals surface area contributed by atoms with E-state index in [0.29, 0.717) is 6.54 Å². The van der Waals surface area contributed by atoms with E-state index in [1.807, 2.05) is 18.7 Å². The molecule has 0 aromatic rings. The number of hydrogen-bond acceptors (Lipinski definition) is 2. The third-order valence-electron chi connectivity index (χ3n) is 3.05. The SMILES string of the molecule is CNC1(C(F)(F)F)CCN(C(C)C)C1. The summed E-state index contributed by atoms with van der Waals surface area (Å²) in [5.74, 6) is 0. The van der Waals surface area contributed by atoms with Crippen LogP contribution in [0.5, 0.6) is 0 Å². The van der Waals surface area contributed by atoms with Gasteiger partial charge in [-0.3, -0.25) is 4.90 Å². The van der Waals surface area contributed by atoms with E-state index in [1.165, 1.54) is 7.05 Å². The molecule has 0 aromatic carbocycles. The summed E-state index contributed by atoms with van der Waals surface area (Å²) in [6.45, 7) is 4.41. The van der Waals surface area contributed by atoms with E-state index >= 15 is 0 Å². The van der Waals surface area contributed by atoms with Crippen molar-refractivity contribution < 1.29 is 13.2 Å². The molecule has 1 atom stereocenters. The molecule has 1 saturated heterocycles. The van der Waals surface area contributed by atoms with Gasteiger partial charge < -0.3 is 5.32 Å². The first-order valence-electron chi connectivity index (χ1n) is 4.82. The lowest BCUT2D eigenvalue weighted by atomic mass is 9.98. The summed E-state index contributed by atoms with van der Waals surface area (Å²) < 4.78 is 38.3. The first kappa shape index (κ1) is 11.8. The van der Waals surface area contributed by atoms with Crippen LogP contribution in [0, 0.1) is 0 Å². The summed E-state index contributed by atoms with van der Waals surface area (Å²) in [4.78, 5) is 1.85. The van der Waals surface area contributed by atoms with Crippen LogP contribution in [-0.4, -0.2) is 42.8 Å². The standard InChI is InChI=1S/C9H17F3N2/c1-7(2)14-5-4-8(6-14,13-3)9(10,11)12/h7,13H,4-6H2,1-3H3. The van der Waals surface area contributed by atoms with E-state index in [-0.39, 0.29) is 19.0 Å². The number of alkyl halides is 3. The molecule has 1 unspecified atom stereocenters. The third-order valence-corrected chi connectivity index (χ3v) is 3.05. The Hall–Kier alpha value is -0.290. The summed E-state index contributed by atoms with van der Waals surface area (Å²) in [5.41, 5.74) is -1.70. The van der Waals surface area contributed by atoms with Crippen LogP contribution in [0.4, 0.5) is 13.2 Å². The molecule has 1 heterocycles. The molecule has 1 aliphatic rings. The van der Waals surface area contributed by atoms with Gasteiger partial charge in [0, 0.05) is 19.1 Å². The van der Waals surface area contributed by atoms with Crippen LogP contribution in [-0.2, 0) is 0 Å². The fraction of sp³-hybridized carbons (Fsp3) is 1.00. The maximum absolute atomic E-state index is 12.8. The molecule has 0 bridgehead atoms. The average molecular weight is 210 g/mol. The molecule has 14 heavy (non-hydrogen) atoms. The normalized spacial score (nSPS) is 30.2. The molecular formula is C9H17F3N2. The molecular weight excluding hydrogens is 193 g/mol. The molecule has 0 aromatic heterocycles. The Morgan fingerprint density at radius 2 is 1.93 bits per heavy atom. The summed E-state index contributed by atoms with van der Waals surface area (Å²) >= 11 is 0. The molecule has 1 fully saturated rings. The van der Waals surface area contributed by atoms with Crippen molar-refractivity contribution in [2.75, 3.05) is 20.1 Å². The predicted octanol–water partition coefficient (Wildman–Crippen LogP) is 1.62. The Labute approximate surface area is 82.5 Å². The van der Waals surface area contributed by atoms with Crippen LogP contribution in [0.3, 0.4) is 0 Å². The molecule has 0 radical (unpaired) electrons. The average Bonchev–Trinajstić information content (AvgIpc) is 2.47. The smallest absolute Gasteiger partial charge is 0.306 e. The van der Waals surface area contributed by atoms with Crippen LogP contribution in [0.25, 0.3) is 0 Å². The molecule has 0 spiro atoms. The lowest BCUT2D eigenvalue weighted by Crippen LogP contribution is -2.57. The summed E-state index contributed by atoms with van der Waals surface area (Å²) in [6, 6.07) is 0.174. The molecule has 1 rings (SSSR count). The van der Waals surface area contributed by atoms with Gasteiger partial charge in [0.1, 0.15) is 5.54 Å². The Bertz CT molecular complexity index is 203. The number of likely N-dealkylation sites (N-methyl/N-ethyl adjacent to an activating group) is 1. The van der Waals surface area contributed by atoms with Gasteiger partial charge in [0.05, 0.1) is 0 Å². The highest BCUT2D eigenvalue weighted by Crippen LogP contribution is 2.37. The summed E-state index contributed by atoms with van der Waals surface area (Å²) in [6.07, 6.45) is -4.02. The van der Waals surface area contributed by atoms with E-state index < -0.39 is 11.7 Å². The highest BCUT2D eigenvalue weighted by molar-refractivity contribution is 5.02. The van der Waals surface area contributed by atoms with Crippen molar-refractivity contribution in [3.05, 3.63) is 0 Å². The zero-order chi connectivity index (χ0) is 11.0. The third kappa shape index (κ3) is 1.88. The van der Waals surface area contributed by atoms with Gasteiger partial charge in [-0.1, -0.05) is 0 Å². The number of likely N-dealkylation sites (tertiary alicyclic amines) is 1. The van der Waals surface area contributed by atoms with Crippen LogP contribution >= 0.6 is 0 Å². The number of nitrogens with one attached hydrogen (secondary N) is 1. The van der Waals surface area contributed by atoms with Crippen LogP contribution in [0.1, 0.15) is 20.3 Å². The highest BCUT2D eigenvalue weighted by atomic mass is 19.4. The molecule has 0 amide bonds. The summed E-state index contributed by atoms with van der Waals surface area (Å²) in [7, 11) is 1.39. The van der Waals surface area contributed by atoms with Gasteiger partial charge in [-0.25, -0.2) is 0 Å². The minimum atomic E-state index is -4.16. The van der Waals surface area contributed by atoms with Crippen molar-refractivity contribution in [3.63, 3.8) is 0 Å². The van der Waals surface area contributed by atoms with Gasteiger partial charge in [-0.2, -0.15) is 13.2 Å². The predicted molar refractivity (Wildman–Crippen MR) is 49.2 cm³/mol. The lowest BCUT2D eigenvalue weighted by molar-refractivity contribution is -0.191. The quantitative estimate of drug-likeness (QED) is 0.745. The van der Waals surface area contributed by atoms with Gasteiger partial charge >= 0.3 is 6.18 Å². The molecule has 1 N–H and O–H groups in total. The lowest BCUT2D eigenvalue weighted by Gasteiger charge is -2.32. The molecule has 0 saturated carbocycles. The summed E-state index contributed by atoms with van der Waals surface area (Å²) in [5, 5.41) is 2.44. The second-order valence-electron chi connectivity index (χ2n) is 4.14. The van der Waals surface area contributed by atoms with Gasteiger partial charge in [-0.05, 0) is 27.3 Å². The Morgan fingerprint density at radius 3 is 2.14 bits per heavy atom. The Kier molecular flexibility index (Phi) is 3.11. The highest BCUT2D eigenvalue weighted by Gasteiger charge is 2.57. The topological polar surface area (TPSA) is 15.3 Å². The van der Waals surface area contributed by atoms with Crippen LogP contribution in [0.15, 0.2) is 0 Å². The van der Waals surface area contributed by atoms with Gasteiger partial charge in [0.25, 0.3) is 0 Å². The van der Waals surface area contributed by atoms with Crippen LogP contribution in [0.2, 0.25) is 0 Å². The van der Waals surface area contributed by atoms with E-state index in [2.05, 4.69) is 5.32 Å². The Balaban J connectivity index is 2.77. The van der Waals surface area contributed by atoms with Crippen molar-refractivity contribution in [2.45, 2.75) is 38.0 Å². The van der Waals surface area contributed by atoms with E-state index in [4.69, 9.17) is 0 Å². The number of rotatable bonds is 2. The molecule has 2 nitrogen and oxygen atoms in total. The Morgan fingerprint density at radius 1 is 1.36 bits per heavy atom. The van der Waals surface area contributed by atoms with Gasteiger partial charge in [0.2, 0.25) is 0 Å². The zero-order valence-electron chi connectivity index (χ0n) is 8.78. The minimum Gasteiger partial charge on any atom is -0.306 e. The van der Waals surface area contributed by atoms with Crippen molar-refractivity contribution in [3.8, 4) is 0 Å². The fourth-order valence-corrected chi connectivity index (χ4v) is 1.86. The first-order valence-corrected chi connectivity index (χ1v) is 4.82. The maximum Gasteiger partial charge on any atom is 0.407 e. The fourth-order valence-electron chi connectivity index (χ4n) is 1.86. The number of nitrogens with zero attached hydrogens (tertiary/aromatic N) is 1. The van der Waals surface area contributed by atoms with E-state index in [9.17, 15) is 13.2 Å². The molecule has 5 heteroatoms.